The van der Waals surface area contributed by atoms with E-state index < -0.39 is 6.10 Å². The highest BCUT2D eigenvalue weighted by atomic mass is 16.3. The summed E-state index contributed by atoms with van der Waals surface area (Å²) >= 11 is 0. The molecule has 2 aromatic heterocycles. The van der Waals surface area contributed by atoms with Crippen molar-refractivity contribution in [2.75, 3.05) is 5.32 Å². The van der Waals surface area contributed by atoms with Crippen LogP contribution in [0.4, 0.5) is 5.82 Å². The molecule has 3 fully saturated rings. The summed E-state index contributed by atoms with van der Waals surface area (Å²) in [6.45, 7) is 2.28. The first-order valence-electron chi connectivity index (χ1n) is 12.7. The maximum absolute atomic E-state index is 13.2. The van der Waals surface area contributed by atoms with Crippen LogP contribution < -0.4 is 10.6 Å². The highest BCUT2D eigenvalue weighted by Gasteiger charge is 2.43. The molecule has 3 N–H and O–H groups in total. The zero-order chi connectivity index (χ0) is 23.0. The lowest BCUT2D eigenvalue weighted by molar-refractivity contribution is -0.120. The first-order valence-corrected chi connectivity index (χ1v) is 12.7. The minimum atomic E-state index is -0.494. The number of fused-ring (bicyclic) bond motifs is 3. The summed E-state index contributed by atoms with van der Waals surface area (Å²) in [6.07, 6.45) is 12.7. The zero-order valence-electron chi connectivity index (χ0n) is 19.6. The van der Waals surface area contributed by atoms with Gasteiger partial charge in [-0.25, -0.2) is 4.98 Å². The van der Waals surface area contributed by atoms with E-state index in [1.54, 1.807) is 10.6 Å². The number of pyridine rings is 1. The second-order valence-corrected chi connectivity index (χ2v) is 10.7. The molecule has 0 radical (unpaired) electrons. The van der Waals surface area contributed by atoms with Crippen molar-refractivity contribution in [2.24, 2.45) is 17.3 Å². The third-order valence-corrected chi connectivity index (χ3v) is 8.33. The van der Waals surface area contributed by atoms with Gasteiger partial charge in [0, 0.05) is 12.6 Å². The van der Waals surface area contributed by atoms with Crippen molar-refractivity contribution in [2.45, 2.75) is 89.7 Å². The Morgan fingerprint density at radius 3 is 2.88 bits per heavy atom. The van der Waals surface area contributed by atoms with E-state index in [1.165, 1.54) is 38.5 Å². The van der Waals surface area contributed by atoms with E-state index >= 15 is 0 Å². The van der Waals surface area contributed by atoms with Crippen molar-refractivity contribution in [1.29, 1.82) is 0 Å². The molecule has 2 bridgehead atoms. The second kappa shape index (κ2) is 9.09. The van der Waals surface area contributed by atoms with Gasteiger partial charge in [-0.15, -0.1) is 0 Å². The average Bonchev–Trinajstić information content (AvgIpc) is 3.40. The number of anilines is 1. The SMILES string of the molecule is CCC1CC2CCCC(CC(=O)Nc3cccc4nc(C(=O)N[C@@H]5CCC[C@H]5O)cn34)(C1)C2. The predicted octanol–water partition coefficient (Wildman–Crippen LogP) is 4.30. The second-order valence-electron chi connectivity index (χ2n) is 10.7. The van der Waals surface area contributed by atoms with Crippen LogP contribution in [0.1, 0.15) is 88.0 Å². The number of imidazole rings is 1. The van der Waals surface area contributed by atoms with Gasteiger partial charge in [-0.3, -0.25) is 14.0 Å². The molecule has 7 nitrogen and oxygen atoms in total. The Balaban J connectivity index is 1.29. The van der Waals surface area contributed by atoms with Gasteiger partial charge in [0.25, 0.3) is 5.91 Å². The average molecular weight is 453 g/mol. The summed E-state index contributed by atoms with van der Waals surface area (Å²) in [5, 5.41) is 16.0. The third kappa shape index (κ3) is 4.65. The standard InChI is InChI=1S/C26H36N4O3/c1-2-17-12-18-6-5-11-26(13-17,14-18)15-24(32)29-23-10-4-9-22-27-20(16-30(22)23)25(33)28-19-7-3-8-21(19)31/h4,9-10,16-19,21,31H,2-3,5-8,11-15H2,1H3,(H,28,33)(H,29,32)/t17?,18?,19-,21-,26?/m1/s1. The molecule has 5 atom stereocenters. The molecular weight excluding hydrogens is 416 g/mol. The Morgan fingerprint density at radius 2 is 2.09 bits per heavy atom. The maximum atomic E-state index is 13.2. The molecule has 2 heterocycles. The minimum Gasteiger partial charge on any atom is -0.391 e. The number of rotatable bonds is 6. The van der Waals surface area contributed by atoms with Crippen LogP contribution in [0.2, 0.25) is 0 Å². The zero-order valence-corrected chi connectivity index (χ0v) is 19.6. The molecule has 2 aromatic rings. The maximum Gasteiger partial charge on any atom is 0.271 e. The van der Waals surface area contributed by atoms with E-state index in [0.29, 0.717) is 30.0 Å². The van der Waals surface area contributed by atoms with Crippen molar-refractivity contribution in [3.8, 4) is 0 Å². The Hall–Kier alpha value is -2.41. The van der Waals surface area contributed by atoms with E-state index in [9.17, 15) is 14.7 Å². The molecule has 33 heavy (non-hydrogen) atoms. The van der Waals surface area contributed by atoms with E-state index in [4.69, 9.17) is 0 Å². The van der Waals surface area contributed by atoms with Gasteiger partial charge in [0.15, 0.2) is 0 Å². The first kappa shape index (κ1) is 22.4. The van der Waals surface area contributed by atoms with Gasteiger partial charge in [0.05, 0.1) is 12.1 Å². The van der Waals surface area contributed by atoms with Gasteiger partial charge >= 0.3 is 0 Å². The van der Waals surface area contributed by atoms with Crippen molar-refractivity contribution >= 4 is 23.3 Å². The molecule has 3 aliphatic carbocycles. The topological polar surface area (TPSA) is 95.7 Å². The summed E-state index contributed by atoms with van der Waals surface area (Å²) < 4.78 is 1.77. The van der Waals surface area contributed by atoms with Gasteiger partial charge in [0.2, 0.25) is 5.91 Å². The number of carbonyl (C=O) groups excluding carboxylic acids is 2. The Morgan fingerprint density at radius 1 is 1.21 bits per heavy atom. The molecular formula is C26H36N4O3. The van der Waals surface area contributed by atoms with Crippen LogP contribution in [0.5, 0.6) is 0 Å². The summed E-state index contributed by atoms with van der Waals surface area (Å²) in [5.41, 5.74) is 1.05. The molecule has 2 amide bonds. The Bertz CT molecular complexity index is 1030. The van der Waals surface area contributed by atoms with Crippen molar-refractivity contribution in [1.82, 2.24) is 14.7 Å². The lowest BCUT2D eigenvalue weighted by atomic mass is 9.57. The smallest absolute Gasteiger partial charge is 0.271 e. The molecule has 5 rings (SSSR count). The normalized spacial score (nSPS) is 31.5. The summed E-state index contributed by atoms with van der Waals surface area (Å²) in [5.74, 6) is 1.92. The monoisotopic (exact) mass is 452 g/mol. The number of aliphatic hydroxyl groups excluding tert-OH is 1. The fraction of sp³-hybridized carbons (Fsp3) is 0.654. The number of aliphatic hydroxyl groups is 1. The van der Waals surface area contributed by atoms with Gasteiger partial charge in [0.1, 0.15) is 17.2 Å². The van der Waals surface area contributed by atoms with Gasteiger partial charge in [-0.1, -0.05) is 32.3 Å². The third-order valence-electron chi connectivity index (χ3n) is 8.33. The van der Waals surface area contributed by atoms with Gasteiger partial charge < -0.3 is 15.7 Å². The molecule has 0 spiro atoms. The minimum absolute atomic E-state index is 0.0497. The van der Waals surface area contributed by atoms with E-state index in [1.807, 2.05) is 18.2 Å². The molecule has 7 heteroatoms. The number of nitrogens with one attached hydrogen (secondary N) is 2. The van der Waals surface area contributed by atoms with E-state index in [0.717, 1.165) is 31.1 Å². The first-order chi connectivity index (χ1) is 15.9. The highest BCUT2D eigenvalue weighted by Crippen LogP contribution is 2.53. The van der Waals surface area contributed by atoms with Gasteiger partial charge in [-0.05, 0) is 74.3 Å². The molecule has 0 aliphatic heterocycles. The van der Waals surface area contributed by atoms with Crippen LogP contribution in [0, 0.1) is 17.3 Å². The lowest BCUT2D eigenvalue weighted by Crippen LogP contribution is -2.40. The molecule has 0 saturated heterocycles. The largest absolute Gasteiger partial charge is 0.391 e. The molecule has 178 valence electrons. The highest BCUT2D eigenvalue weighted by molar-refractivity contribution is 5.94. The van der Waals surface area contributed by atoms with Crippen LogP contribution in [-0.4, -0.2) is 38.5 Å². The fourth-order valence-electron chi connectivity index (χ4n) is 6.78. The Kier molecular flexibility index (Phi) is 6.16. The summed E-state index contributed by atoms with van der Waals surface area (Å²) in [4.78, 5) is 30.3. The number of hydrogen-bond acceptors (Lipinski definition) is 4. The number of nitrogens with zero attached hydrogens (tertiary/aromatic N) is 2. The van der Waals surface area contributed by atoms with Crippen LogP contribution in [0.3, 0.4) is 0 Å². The van der Waals surface area contributed by atoms with E-state index in [2.05, 4.69) is 22.5 Å². The van der Waals surface area contributed by atoms with Crippen molar-refractivity contribution in [3.63, 3.8) is 0 Å². The Labute approximate surface area is 195 Å². The predicted molar refractivity (Wildman–Crippen MR) is 127 cm³/mol. The summed E-state index contributed by atoms with van der Waals surface area (Å²) in [7, 11) is 0. The number of amides is 2. The summed E-state index contributed by atoms with van der Waals surface area (Å²) in [6, 6.07) is 5.31. The molecule has 3 saturated carbocycles. The molecule has 3 unspecified atom stereocenters. The van der Waals surface area contributed by atoms with Crippen LogP contribution in [0.25, 0.3) is 5.65 Å². The van der Waals surface area contributed by atoms with Gasteiger partial charge in [-0.2, -0.15) is 0 Å². The molecule has 3 aliphatic rings. The lowest BCUT2D eigenvalue weighted by Gasteiger charge is -2.48. The van der Waals surface area contributed by atoms with Crippen molar-refractivity contribution < 1.29 is 14.7 Å². The van der Waals surface area contributed by atoms with E-state index in [-0.39, 0.29) is 23.3 Å². The molecule has 0 aromatic carbocycles. The fourth-order valence-corrected chi connectivity index (χ4v) is 6.78. The number of carbonyl (C=O) groups is 2. The number of hydrogen-bond donors (Lipinski definition) is 3. The van der Waals surface area contributed by atoms with Crippen molar-refractivity contribution in [3.05, 3.63) is 30.1 Å². The van der Waals surface area contributed by atoms with Crippen LogP contribution in [-0.2, 0) is 4.79 Å². The van der Waals surface area contributed by atoms with Crippen LogP contribution >= 0.6 is 0 Å². The van der Waals surface area contributed by atoms with Crippen LogP contribution in [0.15, 0.2) is 24.4 Å². The quantitative estimate of drug-likeness (QED) is 0.609. The number of aromatic nitrogens is 2.